The molecule has 0 saturated carbocycles. The lowest BCUT2D eigenvalue weighted by atomic mass is 10.0. The standard InChI is InChI=1S/C20H19NOS/c22-20(11-10-17-12-13-23-15-17)21-19-9-5-4-8-18(19)14-16-6-2-1-3-7-16/h1-9,12-13,15H,10-11,14H2,(H,21,22). The molecule has 2 aromatic carbocycles. The molecule has 1 amide bonds. The van der Waals surface area contributed by atoms with Gasteiger partial charge in [0.15, 0.2) is 0 Å². The molecule has 0 aliphatic carbocycles. The molecular weight excluding hydrogens is 302 g/mol. The summed E-state index contributed by atoms with van der Waals surface area (Å²) in [6.45, 7) is 0. The van der Waals surface area contributed by atoms with Crippen LogP contribution >= 0.6 is 11.3 Å². The largest absolute Gasteiger partial charge is 0.326 e. The van der Waals surface area contributed by atoms with Crippen molar-refractivity contribution in [3.63, 3.8) is 0 Å². The predicted molar refractivity (Wildman–Crippen MR) is 97.0 cm³/mol. The first-order chi connectivity index (χ1) is 11.3. The number of hydrogen-bond acceptors (Lipinski definition) is 2. The first kappa shape index (κ1) is 15.5. The minimum atomic E-state index is 0.0664. The van der Waals surface area contributed by atoms with Crippen molar-refractivity contribution in [3.8, 4) is 0 Å². The summed E-state index contributed by atoms with van der Waals surface area (Å²) in [4.78, 5) is 12.2. The molecule has 0 aliphatic heterocycles. The molecule has 0 atom stereocenters. The summed E-state index contributed by atoms with van der Waals surface area (Å²) in [5, 5.41) is 7.20. The van der Waals surface area contributed by atoms with Crippen molar-refractivity contribution in [1.29, 1.82) is 0 Å². The molecule has 0 radical (unpaired) electrons. The fourth-order valence-electron chi connectivity index (χ4n) is 2.52. The summed E-state index contributed by atoms with van der Waals surface area (Å²) in [6, 6.07) is 20.4. The Bertz CT molecular complexity index is 750. The predicted octanol–water partition coefficient (Wildman–Crippen LogP) is 4.91. The Labute approximate surface area is 140 Å². The average molecular weight is 321 g/mol. The van der Waals surface area contributed by atoms with Crippen molar-refractivity contribution < 1.29 is 4.79 Å². The summed E-state index contributed by atoms with van der Waals surface area (Å²) in [6.07, 6.45) is 2.12. The maximum Gasteiger partial charge on any atom is 0.224 e. The Balaban J connectivity index is 1.64. The third kappa shape index (κ3) is 4.54. The molecule has 116 valence electrons. The molecule has 0 saturated heterocycles. The van der Waals surface area contributed by atoms with Crippen molar-refractivity contribution in [1.82, 2.24) is 0 Å². The van der Waals surface area contributed by atoms with E-state index in [0.29, 0.717) is 6.42 Å². The first-order valence-corrected chi connectivity index (χ1v) is 8.68. The highest BCUT2D eigenvalue weighted by atomic mass is 32.1. The Kier molecular flexibility index (Phi) is 5.22. The molecule has 3 rings (SSSR count). The summed E-state index contributed by atoms with van der Waals surface area (Å²) in [5.74, 6) is 0.0664. The Morgan fingerprint density at radius 2 is 1.70 bits per heavy atom. The maximum atomic E-state index is 12.2. The zero-order valence-electron chi connectivity index (χ0n) is 12.9. The quantitative estimate of drug-likeness (QED) is 0.686. The number of benzene rings is 2. The third-order valence-electron chi connectivity index (χ3n) is 3.75. The normalized spacial score (nSPS) is 10.4. The molecule has 1 aromatic heterocycles. The van der Waals surface area contributed by atoms with Crippen LogP contribution in [0.25, 0.3) is 0 Å². The smallest absolute Gasteiger partial charge is 0.224 e. The van der Waals surface area contributed by atoms with Crippen LogP contribution in [0.5, 0.6) is 0 Å². The Morgan fingerprint density at radius 1 is 0.913 bits per heavy atom. The highest BCUT2D eigenvalue weighted by Crippen LogP contribution is 2.19. The van der Waals surface area contributed by atoms with E-state index in [2.05, 4.69) is 35.0 Å². The van der Waals surface area contributed by atoms with E-state index < -0.39 is 0 Å². The molecule has 0 bridgehead atoms. The van der Waals surface area contributed by atoms with E-state index in [-0.39, 0.29) is 5.91 Å². The first-order valence-electron chi connectivity index (χ1n) is 7.74. The molecule has 0 unspecified atom stereocenters. The van der Waals surface area contributed by atoms with Crippen LogP contribution in [0.15, 0.2) is 71.4 Å². The molecule has 3 heteroatoms. The molecule has 0 fully saturated rings. The van der Waals surface area contributed by atoms with Crippen LogP contribution < -0.4 is 5.32 Å². The van der Waals surface area contributed by atoms with E-state index in [4.69, 9.17) is 0 Å². The average Bonchev–Trinajstić information content (AvgIpc) is 3.09. The summed E-state index contributed by atoms with van der Waals surface area (Å²) in [7, 11) is 0. The number of amides is 1. The van der Waals surface area contributed by atoms with E-state index in [1.807, 2.05) is 41.8 Å². The molecule has 2 nitrogen and oxygen atoms in total. The molecule has 3 aromatic rings. The number of carbonyl (C=O) groups excluding carboxylic acids is 1. The molecule has 1 heterocycles. The fourth-order valence-corrected chi connectivity index (χ4v) is 3.22. The van der Waals surface area contributed by atoms with Gasteiger partial charge in [0.1, 0.15) is 0 Å². The number of thiophene rings is 1. The van der Waals surface area contributed by atoms with Crippen molar-refractivity contribution in [2.45, 2.75) is 19.3 Å². The molecule has 0 aliphatic rings. The lowest BCUT2D eigenvalue weighted by Crippen LogP contribution is -2.13. The van der Waals surface area contributed by atoms with Gasteiger partial charge in [0.25, 0.3) is 0 Å². The lowest BCUT2D eigenvalue weighted by molar-refractivity contribution is -0.116. The van der Waals surface area contributed by atoms with Gasteiger partial charge in [-0.3, -0.25) is 4.79 Å². The zero-order valence-corrected chi connectivity index (χ0v) is 13.7. The number of rotatable bonds is 6. The second kappa shape index (κ2) is 7.75. The van der Waals surface area contributed by atoms with Gasteiger partial charge >= 0.3 is 0 Å². The van der Waals surface area contributed by atoms with Crippen LogP contribution in [0.4, 0.5) is 5.69 Å². The van der Waals surface area contributed by atoms with Gasteiger partial charge in [0.05, 0.1) is 0 Å². The van der Waals surface area contributed by atoms with Crippen molar-refractivity contribution >= 4 is 22.9 Å². The van der Waals surface area contributed by atoms with E-state index >= 15 is 0 Å². The van der Waals surface area contributed by atoms with Crippen molar-refractivity contribution in [3.05, 3.63) is 88.1 Å². The second-order valence-electron chi connectivity index (χ2n) is 5.50. The van der Waals surface area contributed by atoms with Crippen LogP contribution in [0.1, 0.15) is 23.1 Å². The number of nitrogens with one attached hydrogen (secondary N) is 1. The number of carbonyl (C=O) groups is 1. The SMILES string of the molecule is O=C(CCc1ccsc1)Nc1ccccc1Cc1ccccc1. The van der Waals surface area contributed by atoms with Gasteiger partial charge in [-0.1, -0.05) is 48.5 Å². The van der Waals surface area contributed by atoms with E-state index in [1.54, 1.807) is 11.3 Å². The minimum Gasteiger partial charge on any atom is -0.326 e. The van der Waals surface area contributed by atoms with Crippen LogP contribution in [0.2, 0.25) is 0 Å². The molecule has 23 heavy (non-hydrogen) atoms. The molecule has 0 spiro atoms. The van der Waals surface area contributed by atoms with E-state index in [0.717, 1.165) is 24.1 Å². The van der Waals surface area contributed by atoms with Crippen LogP contribution in [0, 0.1) is 0 Å². The zero-order chi connectivity index (χ0) is 15.9. The fraction of sp³-hybridized carbons (Fsp3) is 0.150. The van der Waals surface area contributed by atoms with E-state index in [1.165, 1.54) is 11.1 Å². The van der Waals surface area contributed by atoms with Gasteiger partial charge in [-0.2, -0.15) is 11.3 Å². The molecular formula is C20H19NOS. The summed E-state index contributed by atoms with van der Waals surface area (Å²) in [5.41, 5.74) is 4.52. The van der Waals surface area contributed by atoms with Crippen LogP contribution in [-0.2, 0) is 17.6 Å². The van der Waals surface area contributed by atoms with Gasteiger partial charge in [0, 0.05) is 12.1 Å². The van der Waals surface area contributed by atoms with Crippen LogP contribution in [0.3, 0.4) is 0 Å². The van der Waals surface area contributed by atoms with Crippen molar-refractivity contribution in [2.75, 3.05) is 5.32 Å². The monoisotopic (exact) mass is 321 g/mol. The highest BCUT2D eigenvalue weighted by molar-refractivity contribution is 7.07. The lowest BCUT2D eigenvalue weighted by Gasteiger charge is -2.11. The van der Waals surface area contributed by atoms with Crippen molar-refractivity contribution in [2.24, 2.45) is 0 Å². The second-order valence-corrected chi connectivity index (χ2v) is 6.28. The van der Waals surface area contributed by atoms with E-state index in [9.17, 15) is 4.79 Å². The van der Waals surface area contributed by atoms with Gasteiger partial charge in [-0.05, 0) is 52.4 Å². The third-order valence-corrected chi connectivity index (χ3v) is 4.48. The topological polar surface area (TPSA) is 29.1 Å². The van der Waals surface area contributed by atoms with Gasteiger partial charge < -0.3 is 5.32 Å². The Hall–Kier alpha value is -2.39. The highest BCUT2D eigenvalue weighted by Gasteiger charge is 2.07. The minimum absolute atomic E-state index is 0.0664. The number of aryl methyl sites for hydroxylation is 1. The number of para-hydroxylation sites is 1. The Morgan fingerprint density at radius 3 is 2.48 bits per heavy atom. The summed E-state index contributed by atoms with van der Waals surface area (Å²) >= 11 is 1.67. The maximum absolute atomic E-state index is 12.2. The van der Waals surface area contributed by atoms with Gasteiger partial charge in [-0.15, -0.1) is 0 Å². The van der Waals surface area contributed by atoms with Gasteiger partial charge in [0.2, 0.25) is 5.91 Å². The van der Waals surface area contributed by atoms with Crippen LogP contribution in [-0.4, -0.2) is 5.91 Å². The number of anilines is 1. The summed E-state index contributed by atoms with van der Waals surface area (Å²) < 4.78 is 0. The van der Waals surface area contributed by atoms with Gasteiger partial charge in [-0.25, -0.2) is 0 Å². The molecule has 1 N–H and O–H groups in total. The number of hydrogen-bond donors (Lipinski definition) is 1.